The molecule has 0 aromatic carbocycles. The van der Waals surface area contributed by atoms with Gasteiger partial charge < -0.3 is 4.74 Å². The van der Waals surface area contributed by atoms with E-state index in [4.69, 9.17) is 4.74 Å². The van der Waals surface area contributed by atoms with Crippen molar-refractivity contribution in [2.45, 2.75) is 19.4 Å². The fraction of sp³-hybridized carbons (Fsp3) is 0.556. The molecule has 0 heterocycles. The van der Waals surface area contributed by atoms with Crippen molar-refractivity contribution < 1.29 is 14.3 Å². The van der Waals surface area contributed by atoms with E-state index < -0.39 is 11.4 Å². The molecule has 0 saturated carbocycles. The summed E-state index contributed by atoms with van der Waals surface area (Å²) in [6.45, 7) is 7.09. The van der Waals surface area contributed by atoms with Crippen LogP contribution in [0.4, 0.5) is 0 Å². The Morgan fingerprint density at radius 1 is 1.62 bits per heavy atom. The Morgan fingerprint density at radius 3 is 2.46 bits per heavy atom. The molecule has 0 aliphatic carbocycles. The van der Waals surface area contributed by atoms with E-state index in [0.717, 1.165) is 11.0 Å². The summed E-state index contributed by atoms with van der Waals surface area (Å²) in [5, 5.41) is 0. The molecule has 0 radical (unpaired) electrons. The fourth-order valence-corrected chi connectivity index (χ4v) is 1.01. The number of methoxy groups -OCH3 is 1. The lowest BCUT2D eigenvalue weighted by Crippen LogP contribution is -2.49. The normalized spacial score (nSPS) is 10.7. The highest BCUT2D eigenvalue weighted by Crippen LogP contribution is 2.12. The molecule has 0 fully saturated rings. The number of hydrogen-bond acceptors (Lipinski definition) is 3. The molecule has 74 valence electrons. The van der Waals surface area contributed by atoms with Crippen LogP contribution in [0.2, 0.25) is 0 Å². The number of carbonyl (C=O) groups excluding carboxylic acids is 2. The lowest BCUT2D eigenvalue weighted by Gasteiger charge is -2.32. The number of nitrogens with zero attached hydrogens (tertiary/aromatic N) is 1. The van der Waals surface area contributed by atoms with Crippen LogP contribution in [0.1, 0.15) is 13.8 Å². The van der Waals surface area contributed by atoms with Gasteiger partial charge in [0.2, 0.25) is 6.41 Å². The SMILES string of the molecule is C=CC(=O)N(C=O)C(C)(C)COC. The minimum atomic E-state index is -0.637. The Bertz CT molecular complexity index is 211. The Morgan fingerprint density at radius 2 is 2.15 bits per heavy atom. The molecular formula is C9H15NO3. The van der Waals surface area contributed by atoms with Crippen LogP contribution in [-0.4, -0.2) is 36.5 Å². The Hall–Kier alpha value is -1.16. The highest BCUT2D eigenvalue weighted by Gasteiger charge is 2.29. The average Bonchev–Trinajstić information content (AvgIpc) is 2.04. The minimum absolute atomic E-state index is 0.297. The molecule has 0 aliphatic rings. The van der Waals surface area contributed by atoms with Gasteiger partial charge in [-0.15, -0.1) is 0 Å². The molecule has 4 nitrogen and oxygen atoms in total. The molecule has 0 bridgehead atoms. The van der Waals surface area contributed by atoms with E-state index in [2.05, 4.69) is 6.58 Å². The van der Waals surface area contributed by atoms with Crippen molar-refractivity contribution >= 4 is 12.3 Å². The monoisotopic (exact) mass is 185 g/mol. The van der Waals surface area contributed by atoms with Crippen LogP contribution in [-0.2, 0) is 14.3 Å². The van der Waals surface area contributed by atoms with Crippen molar-refractivity contribution in [1.29, 1.82) is 0 Å². The molecule has 0 unspecified atom stereocenters. The summed E-state index contributed by atoms with van der Waals surface area (Å²) in [6, 6.07) is 0. The molecule has 0 N–H and O–H groups in total. The molecule has 0 aliphatic heterocycles. The molecule has 0 aromatic rings. The molecule has 13 heavy (non-hydrogen) atoms. The predicted octanol–water partition coefficient (Wildman–Crippen LogP) is 0.582. The average molecular weight is 185 g/mol. The lowest BCUT2D eigenvalue weighted by atomic mass is 10.1. The number of carbonyl (C=O) groups is 2. The van der Waals surface area contributed by atoms with E-state index in [9.17, 15) is 9.59 Å². The van der Waals surface area contributed by atoms with E-state index >= 15 is 0 Å². The van der Waals surface area contributed by atoms with Crippen LogP contribution < -0.4 is 0 Å². The lowest BCUT2D eigenvalue weighted by molar-refractivity contribution is -0.142. The van der Waals surface area contributed by atoms with Crippen LogP contribution in [0.15, 0.2) is 12.7 Å². The van der Waals surface area contributed by atoms with Gasteiger partial charge in [0.1, 0.15) is 0 Å². The van der Waals surface area contributed by atoms with Gasteiger partial charge in [0.05, 0.1) is 12.1 Å². The minimum Gasteiger partial charge on any atom is -0.382 e. The predicted molar refractivity (Wildman–Crippen MR) is 49.1 cm³/mol. The topological polar surface area (TPSA) is 46.6 Å². The summed E-state index contributed by atoms with van der Waals surface area (Å²) in [5.41, 5.74) is -0.637. The van der Waals surface area contributed by atoms with Gasteiger partial charge in [-0.05, 0) is 19.9 Å². The summed E-state index contributed by atoms with van der Waals surface area (Å²) in [5.74, 6) is -0.419. The summed E-state index contributed by atoms with van der Waals surface area (Å²) in [6.07, 6.45) is 1.59. The molecule has 4 heteroatoms. The zero-order valence-electron chi connectivity index (χ0n) is 8.24. The van der Waals surface area contributed by atoms with E-state index in [-0.39, 0.29) is 0 Å². The van der Waals surface area contributed by atoms with Gasteiger partial charge in [-0.3, -0.25) is 14.5 Å². The van der Waals surface area contributed by atoms with Crippen LogP contribution >= 0.6 is 0 Å². The van der Waals surface area contributed by atoms with Gasteiger partial charge in [0.15, 0.2) is 0 Å². The van der Waals surface area contributed by atoms with Crippen molar-refractivity contribution in [3.63, 3.8) is 0 Å². The highest BCUT2D eigenvalue weighted by molar-refractivity contribution is 5.94. The molecule has 2 amide bonds. The quantitative estimate of drug-likeness (QED) is 0.465. The first-order chi connectivity index (χ1) is 5.99. The third-order valence-corrected chi connectivity index (χ3v) is 1.67. The number of amides is 2. The second kappa shape index (κ2) is 4.77. The maximum absolute atomic E-state index is 11.2. The highest BCUT2D eigenvalue weighted by atomic mass is 16.5. The summed E-state index contributed by atoms with van der Waals surface area (Å²) in [4.78, 5) is 22.9. The maximum atomic E-state index is 11.2. The van der Waals surface area contributed by atoms with E-state index in [0.29, 0.717) is 13.0 Å². The Labute approximate surface area is 78.2 Å². The summed E-state index contributed by atoms with van der Waals surface area (Å²) < 4.78 is 4.90. The van der Waals surface area contributed by atoms with E-state index in [1.807, 2.05) is 0 Å². The zero-order valence-corrected chi connectivity index (χ0v) is 8.24. The van der Waals surface area contributed by atoms with Crippen LogP contribution in [0.25, 0.3) is 0 Å². The summed E-state index contributed by atoms with van der Waals surface area (Å²) in [7, 11) is 1.52. The molecule has 0 rings (SSSR count). The molecular weight excluding hydrogens is 170 g/mol. The molecule has 0 aromatic heterocycles. The largest absolute Gasteiger partial charge is 0.382 e. The first-order valence-electron chi connectivity index (χ1n) is 3.89. The second-order valence-corrected chi connectivity index (χ2v) is 3.26. The number of rotatable bonds is 5. The van der Waals surface area contributed by atoms with Crippen LogP contribution in [0.5, 0.6) is 0 Å². The van der Waals surface area contributed by atoms with Crippen LogP contribution in [0.3, 0.4) is 0 Å². The number of ether oxygens (including phenoxy) is 1. The van der Waals surface area contributed by atoms with Crippen molar-refractivity contribution in [3.05, 3.63) is 12.7 Å². The third-order valence-electron chi connectivity index (χ3n) is 1.67. The van der Waals surface area contributed by atoms with Gasteiger partial charge in [0, 0.05) is 7.11 Å². The van der Waals surface area contributed by atoms with Gasteiger partial charge >= 0.3 is 0 Å². The molecule has 0 spiro atoms. The first kappa shape index (κ1) is 11.8. The second-order valence-electron chi connectivity index (χ2n) is 3.26. The van der Waals surface area contributed by atoms with Crippen molar-refractivity contribution in [2.75, 3.05) is 13.7 Å². The fourth-order valence-electron chi connectivity index (χ4n) is 1.01. The standard InChI is InChI=1S/C9H15NO3/c1-5-8(12)10(7-11)9(2,3)6-13-4/h5,7H,1,6H2,2-4H3. The summed E-state index contributed by atoms with van der Waals surface area (Å²) >= 11 is 0. The van der Waals surface area contributed by atoms with Gasteiger partial charge in [-0.25, -0.2) is 0 Å². The smallest absolute Gasteiger partial charge is 0.252 e. The molecule has 0 saturated heterocycles. The van der Waals surface area contributed by atoms with Crippen molar-refractivity contribution in [1.82, 2.24) is 4.90 Å². The van der Waals surface area contributed by atoms with Crippen LogP contribution in [0, 0.1) is 0 Å². The Kier molecular flexibility index (Phi) is 4.34. The third kappa shape index (κ3) is 2.99. The number of imide groups is 1. The first-order valence-corrected chi connectivity index (χ1v) is 3.89. The van der Waals surface area contributed by atoms with Gasteiger partial charge in [-0.1, -0.05) is 6.58 Å². The Balaban J connectivity index is 4.64. The van der Waals surface area contributed by atoms with Crippen molar-refractivity contribution in [3.8, 4) is 0 Å². The molecule has 0 atom stereocenters. The number of hydrogen-bond donors (Lipinski definition) is 0. The van der Waals surface area contributed by atoms with E-state index in [1.54, 1.807) is 13.8 Å². The van der Waals surface area contributed by atoms with E-state index in [1.165, 1.54) is 7.11 Å². The van der Waals surface area contributed by atoms with Gasteiger partial charge in [-0.2, -0.15) is 0 Å². The maximum Gasteiger partial charge on any atom is 0.252 e. The van der Waals surface area contributed by atoms with Crippen molar-refractivity contribution in [2.24, 2.45) is 0 Å². The zero-order chi connectivity index (χ0) is 10.5. The van der Waals surface area contributed by atoms with Gasteiger partial charge in [0.25, 0.3) is 5.91 Å².